The summed E-state index contributed by atoms with van der Waals surface area (Å²) >= 11 is 21.4. The zero-order valence-corrected chi connectivity index (χ0v) is 25.6. The molecule has 0 N–H and O–H groups in total. The number of hydrogen-bond donors (Lipinski definition) is 0. The monoisotopic (exact) mass is 798 g/mol. The molecular weight excluding hydrogens is 784 g/mol. The third-order valence-electron chi connectivity index (χ3n) is 4.15. The summed E-state index contributed by atoms with van der Waals surface area (Å²) in [5, 5.41) is 0.603. The van der Waals surface area contributed by atoms with Crippen molar-refractivity contribution < 1.29 is 18.9 Å². The van der Waals surface area contributed by atoms with Crippen molar-refractivity contribution >= 4 is 95.6 Å². The minimum Gasteiger partial charge on any atom is -0.450 e. The standard InChI is InChI=1S/C20H20Br6O4/c1-27-17(12-21)13-29-20(26,18(22,23)19(24,25)28-2)30-16-10-6-9-15(11-16)14-7-4-3-5-8-14/h3-11,17H,12-13H2,1-2H3. The maximum Gasteiger partial charge on any atom is 0.298 e. The zero-order chi connectivity index (χ0) is 22.4. The summed E-state index contributed by atoms with van der Waals surface area (Å²) in [5.74, 6) is 0.594. The number of rotatable bonds is 11. The van der Waals surface area contributed by atoms with Crippen LogP contribution in [0.3, 0.4) is 0 Å². The first-order valence-electron chi connectivity index (χ1n) is 8.67. The van der Waals surface area contributed by atoms with Crippen molar-refractivity contribution in [2.45, 2.75) is 17.5 Å². The molecule has 0 aromatic heterocycles. The van der Waals surface area contributed by atoms with Crippen LogP contribution in [0.15, 0.2) is 54.6 Å². The predicted molar refractivity (Wildman–Crippen MR) is 143 cm³/mol. The van der Waals surface area contributed by atoms with Crippen LogP contribution < -0.4 is 4.74 Å². The van der Waals surface area contributed by atoms with E-state index in [4.69, 9.17) is 18.9 Å². The molecule has 0 saturated carbocycles. The fourth-order valence-electron chi connectivity index (χ4n) is 2.38. The van der Waals surface area contributed by atoms with E-state index in [2.05, 4.69) is 95.6 Å². The molecule has 0 heterocycles. The van der Waals surface area contributed by atoms with Crippen molar-refractivity contribution in [3.8, 4) is 16.9 Å². The first kappa shape index (κ1) is 27.2. The molecule has 2 unspecified atom stereocenters. The Morgan fingerprint density at radius 3 is 2.07 bits per heavy atom. The summed E-state index contributed by atoms with van der Waals surface area (Å²) in [7, 11) is 3.17. The second-order valence-corrected chi connectivity index (χ2v) is 14.6. The second-order valence-electron chi connectivity index (χ2n) is 6.15. The Morgan fingerprint density at radius 2 is 1.50 bits per heavy atom. The molecule has 0 spiro atoms. The highest BCUT2D eigenvalue weighted by Gasteiger charge is 2.63. The lowest BCUT2D eigenvalue weighted by atomic mass is 10.1. The van der Waals surface area contributed by atoms with Gasteiger partial charge in [0.2, 0.25) is 6.65 Å². The van der Waals surface area contributed by atoms with Crippen LogP contribution in [-0.2, 0) is 14.2 Å². The van der Waals surface area contributed by atoms with Gasteiger partial charge in [0.15, 0.2) is 0 Å². The van der Waals surface area contributed by atoms with E-state index in [-0.39, 0.29) is 12.7 Å². The van der Waals surface area contributed by atoms with E-state index < -0.39 is 11.3 Å². The Labute approximate surface area is 227 Å². The van der Waals surface area contributed by atoms with Gasteiger partial charge in [-0.25, -0.2) is 0 Å². The van der Waals surface area contributed by atoms with E-state index in [1.54, 1.807) is 14.2 Å². The number of halogens is 6. The van der Waals surface area contributed by atoms with Gasteiger partial charge in [-0.3, -0.25) is 0 Å². The van der Waals surface area contributed by atoms with Gasteiger partial charge in [-0.15, -0.1) is 0 Å². The third-order valence-corrected chi connectivity index (χ3v) is 13.0. The predicted octanol–water partition coefficient (Wildman–Crippen LogP) is 7.78. The Morgan fingerprint density at radius 1 is 0.867 bits per heavy atom. The molecule has 0 bridgehead atoms. The quantitative estimate of drug-likeness (QED) is 0.172. The van der Waals surface area contributed by atoms with Gasteiger partial charge in [-0.1, -0.05) is 90.3 Å². The molecule has 2 rings (SSSR count). The molecule has 0 radical (unpaired) electrons. The molecule has 0 aliphatic carbocycles. The lowest BCUT2D eigenvalue weighted by Gasteiger charge is -2.44. The van der Waals surface area contributed by atoms with Gasteiger partial charge in [-0.05, 0) is 71.0 Å². The highest BCUT2D eigenvalue weighted by Crippen LogP contribution is 2.58. The Kier molecular flexibility index (Phi) is 10.8. The molecule has 2 atom stereocenters. The van der Waals surface area contributed by atoms with Crippen LogP contribution in [0.5, 0.6) is 5.75 Å². The van der Waals surface area contributed by atoms with Crippen LogP contribution in [0.4, 0.5) is 0 Å². The summed E-state index contributed by atoms with van der Waals surface area (Å²) in [5.41, 5.74) is 2.10. The zero-order valence-electron chi connectivity index (χ0n) is 16.1. The van der Waals surface area contributed by atoms with E-state index in [1.165, 1.54) is 0 Å². The number of ether oxygens (including phenoxy) is 4. The van der Waals surface area contributed by atoms with Gasteiger partial charge < -0.3 is 18.9 Å². The van der Waals surface area contributed by atoms with Crippen LogP contribution in [0.1, 0.15) is 0 Å². The van der Waals surface area contributed by atoms with Crippen molar-refractivity contribution in [3.05, 3.63) is 54.6 Å². The first-order chi connectivity index (χ1) is 14.1. The molecule has 0 aliphatic heterocycles. The molecule has 2 aromatic rings. The summed E-state index contributed by atoms with van der Waals surface area (Å²) in [6, 6.07) is 17.8. The third kappa shape index (κ3) is 6.53. The van der Waals surface area contributed by atoms with Gasteiger partial charge in [0.25, 0.3) is 4.70 Å². The maximum atomic E-state index is 6.35. The van der Waals surface area contributed by atoms with Gasteiger partial charge in [0.1, 0.15) is 5.75 Å². The minimum atomic E-state index is -1.42. The minimum absolute atomic E-state index is 0.181. The molecular formula is C20H20Br6O4. The number of alkyl halides is 6. The Hall–Kier alpha value is 1.000. The average molecular weight is 804 g/mol. The van der Waals surface area contributed by atoms with Crippen molar-refractivity contribution in [2.24, 2.45) is 0 Å². The topological polar surface area (TPSA) is 36.9 Å². The molecule has 0 fully saturated rings. The van der Waals surface area contributed by atoms with Gasteiger partial charge in [0, 0.05) is 19.5 Å². The molecule has 0 aliphatic rings. The Bertz CT molecular complexity index is 801. The molecule has 2 aromatic carbocycles. The van der Waals surface area contributed by atoms with Crippen molar-refractivity contribution in [1.82, 2.24) is 0 Å². The number of methoxy groups -OCH3 is 2. The first-order valence-corrected chi connectivity index (χ1v) is 13.8. The molecule has 0 saturated heterocycles. The normalized spacial score (nSPS) is 15.5. The van der Waals surface area contributed by atoms with Crippen LogP contribution in [0.25, 0.3) is 11.1 Å². The fourth-order valence-corrected chi connectivity index (χ4v) is 5.20. The highest BCUT2D eigenvalue weighted by atomic mass is 79.9. The van der Waals surface area contributed by atoms with Crippen molar-refractivity contribution in [1.29, 1.82) is 0 Å². The van der Waals surface area contributed by atoms with Crippen LogP contribution in [0.2, 0.25) is 0 Å². The molecule has 0 amide bonds. The Balaban J connectivity index is 2.40. The summed E-state index contributed by atoms with van der Waals surface area (Å²) in [6.45, 7) is 0.240. The lowest BCUT2D eigenvalue weighted by Crippen LogP contribution is -2.57. The summed E-state index contributed by atoms with van der Waals surface area (Å²) in [4.78, 5) is 0. The van der Waals surface area contributed by atoms with E-state index >= 15 is 0 Å². The summed E-state index contributed by atoms with van der Waals surface area (Å²) in [6.07, 6.45) is -0.181. The van der Waals surface area contributed by atoms with Crippen LogP contribution in [0, 0.1) is 0 Å². The number of hydrogen-bond acceptors (Lipinski definition) is 4. The highest BCUT2D eigenvalue weighted by molar-refractivity contribution is 9.30. The van der Waals surface area contributed by atoms with E-state index in [0.29, 0.717) is 11.1 Å². The van der Waals surface area contributed by atoms with Crippen molar-refractivity contribution in [3.63, 3.8) is 0 Å². The van der Waals surface area contributed by atoms with Gasteiger partial charge in [-0.2, -0.15) is 0 Å². The van der Waals surface area contributed by atoms with E-state index in [0.717, 1.165) is 11.1 Å². The summed E-state index contributed by atoms with van der Waals surface area (Å²) < 4.78 is 19.9. The molecule has 166 valence electrons. The lowest BCUT2D eigenvalue weighted by molar-refractivity contribution is -0.141. The smallest absolute Gasteiger partial charge is 0.298 e. The maximum absolute atomic E-state index is 6.35. The second kappa shape index (κ2) is 11.9. The molecule has 4 nitrogen and oxygen atoms in total. The molecule has 10 heteroatoms. The molecule has 30 heavy (non-hydrogen) atoms. The van der Waals surface area contributed by atoms with Gasteiger partial charge in [0.05, 0.1) is 12.7 Å². The van der Waals surface area contributed by atoms with E-state index in [1.807, 2.05) is 54.6 Å². The fraction of sp³-hybridized carbons (Fsp3) is 0.400. The van der Waals surface area contributed by atoms with Crippen LogP contribution in [-0.4, -0.2) is 43.6 Å². The SMILES string of the molecule is COC(CBr)COC(Br)(Oc1cccc(-c2ccccc2)c1)C(Br)(Br)C(Br)(Br)OC. The number of benzene rings is 2. The largest absolute Gasteiger partial charge is 0.450 e. The van der Waals surface area contributed by atoms with Crippen LogP contribution >= 0.6 is 95.6 Å². The van der Waals surface area contributed by atoms with Gasteiger partial charge >= 0.3 is 0 Å². The van der Waals surface area contributed by atoms with Crippen molar-refractivity contribution in [2.75, 3.05) is 26.2 Å². The average Bonchev–Trinajstić information content (AvgIpc) is 2.75. The van der Waals surface area contributed by atoms with E-state index in [9.17, 15) is 0 Å².